The highest BCUT2D eigenvalue weighted by Gasteiger charge is 2.31. The third kappa shape index (κ3) is 5.12. The highest BCUT2D eigenvalue weighted by atomic mass is 35.5. The second kappa shape index (κ2) is 9.22. The van der Waals surface area contributed by atoms with E-state index in [4.69, 9.17) is 27.9 Å². The third-order valence-corrected chi connectivity index (χ3v) is 5.21. The number of amides is 2. The molecule has 2 atom stereocenters. The van der Waals surface area contributed by atoms with Gasteiger partial charge in [-0.05, 0) is 17.7 Å². The summed E-state index contributed by atoms with van der Waals surface area (Å²) in [6, 6.07) is 5.15. The number of carbonyl (C=O) groups excluding carboxylic acids is 1. The molecule has 28 heavy (non-hydrogen) atoms. The van der Waals surface area contributed by atoms with E-state index in [1.807, 2.05) is 0 Å². The fourth-order valence-electron chi connectivity index (χ4n) is 3.05. The van der Waals surface area contributed by atoms with Gasteiger partial charge in [0.25, 0.3) is 0 Å². The molecule has 1 fully saturated rings. The Kier molecular flexibility index (Phi) is 6.71. The minimum atomic E-state index is -1.02. The summed E-state index contributed by atoms with van der Waals surface area (Å²) in [5, 5.41) is 16.9. The number of carboxylic acid groups (broad SMARTS) is 1. The van der Waals surface area contributed by atoms with Crippen molar-refractivity contribution in [3.8, 4) is 0 Å². The second-order valence-corrected chi connectivity index (χ2v) is 7.13. The van der Waals surface area contributed by atoms with Gasteiger partial charge in [-0.1, -0.05) is 29.3 Å². The monoisotopic (exact) mass is 427 g/mol. The highest BCUT2D eigenvalue weighted by Crippen LogP contribution is 2.31. The van der Waals surface area contributed by atoms with Gasteiger partial charge in [-0.2, -0.15) is 5.10 Å². The van der Waals surface area contributed by atoms with E-state index in [1.165, 1.54) is 22.2 Å². The van der Waals surface area contributed by atoms with Crippen molar-refractivity contribution in [3.63, 3.8) is 0 Å². The van der Waals surface area contributed by atoms with Crippen LogP contribution in [-0.2, 0) is 16.1 Å². The number of halogens is 2. The van der Waals surface area contributed by atoms with E-state index in [1.54, 1.807) is 18.2 Å². The zero-order valence-corrected chi connectivity index (χ0v) is 16.3. The molecule has 2 aromatic rings. The fourth-order valence-corrected chi connectivity index (χ4v) is 3.35. The van der Waals surface area contributed by atoms with E-state index in [9.17, 15) is 14.7 Å². The van der Waals surface area contributed by atoms with Crippen molar-refractivity contribution in [3.05, 3.63) is 46.5 Å². The molecular weight excluding hydrogens is 409 g/mol. The van der Waals surface area contributed by atoms with Gasteiger partial charge in [0.1, 0.15) is 19.2 Å². The van der Waals surface area contributed by atoms with E-state index in [2.05, 4.69) is 15.4 Å². The van der Waals surface area contributed by atoms with Crippen molar-refractivity contribution < 1.29 is 19.4 Å². The quantitative estimate of drug-likeness (QED) is 0.753. The number of aromatic nitrogens is 3. The molecule has 1 aromatic heterocycles. The maximum Gasteiger partial charge on any atom is 0.407 e. The summed E-state index contributed by atoms with van der Waals surface area (Å²) in [4.78, 5) is 28.7. The molecule has 0 aliphatic carbocycles. The molecule has 3 rings (SSSR count). The Morgan fingerprint density at radius 1 is 1.32 bits per heavy atom. The first-order valence-corrected chi connectivity index (χ1v) is 9.33. The Labute approximate surface area is 171 Å². The Morgan fingerprint density at radius 2 is 2.14 bits per heavy atom. The second-order valence-electron chi connectivity index (χ2n) is 6.32. The van der Waals surface area contributed by atoms with Crippen molar-refractivity contribution in [1.82, 2.24) is 25.0 Å². The van der Waals surface area contributed by atoms with Gasteiger partial charge in [0.15, 0.2) is 0 Å². The normalized spacial score (nSPS) is 19.9. The molecular formula is C17H19Cl2N5O4. The van der Waals surface area contributed by atoms with Gasteiger partial charge >= 0.3 is 6.09 Å². The molecule has 1 aliphatic rings. The van der Waals surface area contributed by atoms with Crippen LogP contribution in [0.25, 0.3) is 0 Å². The van der Waals surface area contributed by atoms with Gasteiger partial charge in [0, 0.05) is 25.6 Å². The molecule has 11 heteroatoms. The molecule has 1 saturated heterocycles. The van der Waals surface area contributed by atoms with Crippen molar-refractivity contribution >= 4 is 35.2 Å². The van der Waals surface area contributed by atoms with Gasteiger partial charge in [-0.15, -0.1) is 0 Å². The molecule has 0 bridgehead atoms. The summed E-state index contributed by atoms with van der Waals surface area (Å²) < 4.78 is 7.28. The molecule has 0 radical (unpaired) electrons. The lowest BCUT2D eigenvalue weighted by Gasteiger charge is -2.27. The molecule has 0 saturated carbocycles. The highest BCUT2D eigenvalue weighted by molar-refractivity contribution is 6.42. The number of nitrogens with one attached hydrogen (secondary N) is 1. The van der Waals surface area contributed by atoms with E-state index >= 15 is 0 Å². The maximum absolute atomic E-state index is 12.2. The molecule has 150 valence electrons. The van der Waals surface area contributed by atoms with Crippen LogP contribution >= 0.6 is 23.2 Å². The van der Waals surface area contributed by atoms with Crippen LogP contribution in [0.15, 0.2) is 30.9 Å². The van der Waals surface area contributed by atoms with Crippen LogP contribution in [-0.4, -0.2) is 69.1 Å². The van der Waals surface area contributed by atoms with Crippen LogP contribution in [0.3, 0.4) is 0 Å². The van der Waals surface area contributed by atoms with Gasteiger partial charge in [-0.3, -0.25) is 4.79 Å². The first-order valence-electron chi connectivity index (χ1n) is 8.57. The average molecular weight is 428 g/mol. The van der Waals surface area contributed by atoms with E-state index < -0.39 is 12.2 Å². The van der Waals surface area contributed by atoms with Gasteiger partial charge in [0.05, 0.1) is 22.8 Å². The lowest BCUT2D eigenvalue weighted by atomic mass is 9.92. The summed E-state index contributed by atoms with van der Waals surface area (Å²) in [5.41, 5.74) is 0.790. The predicted molar refractivity (Wildman–Crippen MR) is 102 cm³/mol. The maximum atomic E-state index is 12.2. The fraction of sp³-hybridized carbons (Fsp3) is 0.412. The van der Waals surface area contributed by atoms with Crippen molar-refractivity contribution in [2.75, 3.05) is 26.2 Å². The lowest BCUT2D eigenvalue weighted by molar-refractivity contribution is -0.122. The van der Waals surface area contributed by atoms with Gasteiger partial charge in [-0.25, -0.2) is 14.5 Å². The van der Waals surface area contributed by atoms with Crippen LogP contribution in [0, 0.1) is 0 Å². The van der Waals surface area contributed by atoms with E-state index in [0.29, 0.717) is 10.0 Å². The largest absolute Gasteiger partial charge is 0.465 e. The number of hydrogen-bond acceptors (Lipinski definition) is 5. The number of benzene rings is 1. The van der Waals surface area contributed by atoms with Crippen molar-refractivity contribution in [1.29, 1.82) is 0 Å². The Balaban J connectivity index is 1.74. The summed E-state index contributed by atoms with van der Waals surface area (Å²) in [6.07, 6.45) is 1.35. The molecule has 2 amide bonds. The van der Waals surface area contributed by atoms with E-state index in [-0.39, 0.29) is 44.6 Å². The van der Waals surface area contributed by atoms with Crippen molar-refractivity contribution in [2.45, 2.75) is 18.6 Å². The lowest BCUT2D eigenvalue weighted by Crippen LogP contribution is -2.40. The van der Waals surface area contributed by atoms with E-state index in [0.717, 1.165) is 5.56 Å². The number of rotatable bonds is 5. The summed E-state index contributed by atoms with van der Waals surface area (Å²) in [6.45, 7) is 0.943. The topological polar surface area (TPSA) is 110 Å². The Hall–Kier alpha value is -2.36. The first-order chi connectivity index (χ1) is 13.4. The Bertz CT molecular complexity index is 833. The molecule has 0 unspecified atom stereocenters. The molecule has 2 heterocycles. The number of nitrogens with zero attached hydrogens (tertiary/aromatic N) is 4. The molecule has 0 spiro atoms. The number of ether oxygens (including phenoxy) is 1. The van der Waals surface area contributed by atoms with Crippen LogP contribution in [0.1, 0.15) is 11.5 Å². The Morgan fingerprint density at radius 3 is 2.82 bits per heavy atom. The number of carbonyl (C=O) groups is 2. The zero-order valence-electron chi connectivity index (χ0n) is 14.8. The first kappa shape index (κ1) is 20.4. The minimum absolute atomic E-state index is 0.0331. The molecule has 1 aliphatic heterocycles. The van der Waals surface area contributed by atoms with Crippen LogP contribution in [0.5, 0.6) is 0 Å². The SMILES string of the molecule is O=C(Cn1cncn1)NC[C@@H]1OCCN(C(=O)O)C[C@H]1c1ccc(Cl)c(Cl)c1. The van der Waals surface area contributed by atoms with Crippen molar-refractivity contribution in [2.24, 2.45) is 0 Å². The summed E-state index contributed by atoms with van der Waals surface area (Å²) >= 11 is 12.1. The zero-order chi connectivity index (χ0) is 20.1. The molecule has 9 nitrogen and oxygen atoms in total. The van der Waals surface area contributed by atoms with Crippen LogP contribution in [0.2, 0.25) is 10.0 Å². The van der Waals surface area contributed by atoms with Crippen LogP contribution in [0.4, 0.5) is 4.79 Å². The number of hydrogen-bond donors (Lipinski definition) is 2. The minimum Gasteiger partial charge on any atom is -0.465 e. The third-order valence-electron chi connectivity index (χ3n) is 4.47. The van der Waals surface area contributed by atoms with Gasteiger partial charge < -0.3 is 20.1 Å². The standard InChI is InChI=1S/C17H19Cl2N5O4/c18-13-2-1-11(5-14(13)19)12-7-23(17(26)27)3-4-28-15(12)6-21-16(25)8-24-10-20-9-22-24/h1-2,5,9-10,12,15H,3-4,6-8H2,(H,21,25)(H,26,27)/t12-,15-/m0/s1. The van der Waals surface area contributed by atoms with Gasteiger partial charge in [0.2, 0.25) is 5.91 Å². The van der Waals surface area contributed by atoms with Crippen LogP contribution < -0.4 is 5.32 Å². The summed E-state index contributed by atoms with van der Waals surface area (Å²) in [7, 11) is 0. The molecule has 2 N–H and O–H groups in total. The smallest absolute Gasteiger partial charge is 0.407 e. The molecule has 1 aromatic carbocycles. The predicted octanol–water partition coefficient (Wildman–Crippen LogP) is 1.86. The summed E-state index contributed by atoms with van der Waals surface area (Å²) in [5.74, 6) is -0.568. The average Bonchev–Trinajstić information content (AvgIpc) is 3.06.